The third-order valence-corrected chi connectivity index (χ3v) is 3.95. The second-order valence-corrected chi connectivity index (χ2v) is 6.17. The highest BCUT2D eigenvalue weighted by Crippen LogP contribution is 2.23. The highest BCUT2D eigenvalue weighted by Gasteiger charge is 2.12. The molecule has 6 heteroatoms. The van der Waals surface area contributed by atoms with Crippen molar-refractivity contribution < 1.29 is 9.53 Å². The fourth-order valence-electron chi connectivity index (χ4n) is 2.03. The maximum atomic E-state index is 12.3. The van der Waals surface area contributed by atoms with E-state index in [0.717, 1.165) is 14.8 Å². The zero-order chi connectivity index (χ0) is 17.5. The van der Waals surface area contributed by atoms with Gasteiger partial charge in [-0.15, -0.1) is 0 Å². The molecule has 2 N–H and O–H groups in total. The number of ether oxygens (including phenoxy) is 1. The van der Waals surface area contributed by atoms with Crippen LogP contribution in [-0.4, -0.2) is 13.0 Å². The van der Waals surface area contributed by atoms with Gasteiger partial charge in [0.1, 0.15) is 17.4 Å². The monoisotopic (exact) mass is 433 g/mol. The summed E-state index contributed by atoms with van der Waals surface area (Å²) in [6, 6.07) is 14.8. The number of nitriles is 1. The first kappa shape index (κ1) is 17.8. The van der Waals surface area contributed by atoms with Crippen LogP contribution < -0.4 is 15.4 Å². The van der Waals surface area contributed by atoms with Gasteiger partial charge in [0.25, 0.3) is 5.91 Å². The molecule has 0 heterocycles. The number of amides is 1. The number of halogens is 1. The number of carbonyl (C=O) groups is 1. The highest BCUT2D eigenvalue weighted by atomic mass is 127. The molecule has 0 atom stereocenters. The number of nitrogens with one attached hydrogen (secondary N) is 2. The molecular weight excluding hydrogens is 417 g/mol. The van der Waals surface area contributed by atoms with E-state index < -0.39 is 5.91 Å². The van der Waals surface area contributed by atoms with Crippen LogP contribution in [0, 0.1) is 21.8 Å². The van der Waals surface area contributed by atoms with E-state index >= 15 is 0 Å². The van der Waals surface area contributed by atoms with Crippen LogP contribution in [0.1, 0.15) is 5.56 Å². The van der Waals surface area contributed by atoms with Crippen molar-refractivity contribution in [3.05, 3.63) is 63.4 Å². The van der Waals surface area contributed by atoms with Gasteiger partial charge >= 0.3 is 0 Å². The summed E-state index contributed by atoms with van der Waals surface area (Å²) < 4.78 is 6.30. The van der Waals surface area contributed by atoms with Gasteiger partial charge in [0.05, 0.1) is 12.8 Å². The van der Waals surface area contributed by atoms with Crippen molar-refractivity contribution in [2.45, 2.75) is 6.92 Å². The van der Waals surface area contributed by atoms with Crippen molar-refractivity contribution in [3.8, 4) is 11.8 Å². The normalized spacial score (nSPS) is 10.7. The third kappa shape index (κ3) is 4.49. The first-order valence-electron chi connectivity index (χ1n) is 7.12. The summed E-state index contributed by atoms with van der Waals surface area (Å²) in [6.07, 6.45) is 1.40. The number of para-hydroxylation sites is 2. The van der Waals surface area contributed by atoms with Crippen molar-refractivity contribution in [2.24, 2.45) is 0 Å². The predicted molar refractivity (Wildman–Crippen MR) is 103 cm³/mol. The van der Waals surface area contributed by atoms with E-state index in [2.05, 4.69) is 33.2 Å². The van der Waals surface area contributed by atoms with Gasteiger partial charge in [0, 0.05) is 15.5 Å². The minimum absolute atomic E-state index is 0.0288. The van der Waals surface area contributed by atoms with Crippen molar-refractivity contribution >= 4 is 39.9 Å². The molecule has 0 radical (unpaired) electrons. The Bertz CT molecular complexity index is 825. The molecule has 0 unspecified atom stereocenters. The SMILES string of the molecule is COc1ccccc1NC(=O)/C(C#N)=C\Nc1ccc(I)cc1C. The van der Waals surface area contributed by atoms with Crippen molar-refractivity contribution in [3.63, 3.8) is 0 Å². The Morgan fingerprint density at radius 1 is 1.25 bits per heavy atom. The average molecular weight is 433 g/mol. The van der Waals surface area contributed by atoms with E-state index in [1.807, 2.05) is 31.2 Å². The molecule has 2 aromatic carbocycles. The summed E-state index contributed by atoms with van der Waals surface area (Å²) in [7, 11) is 1.52. The third-order valence-electron chi connectivity index (χ3n) is 3.28. The summed E-state index contributed by atoms with van der Waals surface area (Å²) in [6.45, 7) is 1.96. The molecule has 0 bridgehead atoms. The zero-order valence-corrected chi connectivity index (χ0v) is 15.4. The van der Waals surface area contributed by atoms with Gasteiger partial charge < -0.3 is 15.4 Å². The van der Waals surface area contributed by atoms with E-state index in [1.54, 1.807) is 24.3 Å². The van der Waals surface area contributed by atoms with Gasteiger partial charge in [-0.2, -0.15) is 5.26 Å². The number of carbonyl (C=O) groups excluding carboxylic acids is 1. The first-order chi connectivity index (χ1) is 11.5. The number of methoxy groups -OCH3 is 1. The number of aryl methyl sites for hydroxylation is 1. The molecule has 24 heavy (non-hydrogen) atoms. The molecular formula is C18H16IN3O2. The van der Waals surface area contributed by atoms with Crippen LogP contribution in [0.25, 0.3) is 0 Å². The lowest BCUT2D eigenvalue weighted by Crippen LogP contribution is -2.15. The van der Waals surface area contributed by atoms with Gasteiger partial charge in [-0.25, -0.2) is 0 Å². The fourth-order valence-corrected chi connectivity index (χ4v) is 2.67. The largest absolute Gasteiger partial charge is 0.495 e. The molecule has 5 nitrogen and oxygen atoms in total. The van der Waals surface area contributed by atoms with Gasteiger partial charge in [-0.05, 0) is 65.4 Å². The van der Waals surface area contributed by atoms with Crippen LogP contribution in [0.3, 0.4) is 0 Å². The molecule has 0 aliphatic heterocycles. The molecule has 122 valence electrons. The summed E-state index contributed by atoms with van der Waals surface area (Å²) >= 11 is 2.23. The Kier molecular flexibility index (Phi) is 6.21. The summed E-state index contributed by atoms with van der Waals surface area (Å²) in [4.78, 5) is 12.3. The minimum atomic E-state index is -0.502. The fraction of sp³-hybridized carbons (Fsp3) is 0.111. The minimum Gasteiger partial charge on any atom is -0.495 e. The van der Waals surface area contributed by atoms with Crippen molar-refractivity contribution in [2.75, 3.05) is 17.7 Å². The second kappa shape index (κ2) is 8.36. The molecule has 0 aliphatic rings. The molecule has 2 rings (SSSR count). The van der Waals surface area contributed by atoms with E-state index in [0.29, 0.717) is 11.4 Å². The molecule has 0 saturated carbocycles. The van der Waals surface area contributed by atoms with E-state index in [4.69, 9.17) is 4.74 Å². The Morgan fingerprint density at radius 2 is 2.00 bits per heavy atom. The quantitative estimate of drug-likeness (QED) is 0.424. The standard InChI is InChI=1S/C18H16IN3O2/c1-12-9-14(19)7-8-15(12)21-11-13(10-20)18(23)22-16-5-3-4-6-17(16)24-2/h3-9,11,21H,1-2H3,(H,22,23)/b13-11-. The molecule has 0 spiro atoms. The van der Waals surface area contributed by atoms with Crippen LogP contribution in [0.2, 0.25) is 0 Å². The lowest BCUT2D eigenvalue weighted by Gasteiger charge is -2.10. The Hall–Kier alpha value is -2.53. The number of rotatable bonds is 5. The molecule has 2 aromatic rings. The highest BCUT2D eigenvalue weighted by molar-refractivity contribution is 14.1. The molecule has 0 fully saturated rings. The van der Waals surface area contributed by atoms with Gasteiger partial charge in [-0.3, -0.25) is 4.79 Å². The smallest absolute Gasteiger partial charge is 0.267 e. The van der Waals surface area contributed by atoms with Crippen LogP contribution in [0.5, 0.6) is 5.75 Å². The first-order valence-corrected chi connectivity index (χ1v) is 8.20. The molecule has 0 saturated heterocycles. The van der Waals surface area contributed by atoms with Gasteiger partial charge in [0.2, 0.25) is 0 Å². The summed E-state index contributed by atoms with van der Waals surface area (Å²) in [5.74, 6) is 0.0299. The van der Waals surface area contributed by atoms with E-state index in [9.17, 15) is 10.1 Å². The number of anilines is 2. The maximum absolute atomic E-state index is 12.3. The molecule has 1 amide bonds. The Labute approximate surface area is 154 Å². The maximum Gasteiger partial charge on any atom is 0.267 e. The van der Waals surface area contributed by atoms with Gasteiger partial charge in [0.15, 0.2) is 0 Å². The van der Waals surface area contributed by atoms with E-state index in [-0.39, 0.29) is 5.57 Å². The number of nitrogens with zero attached hydrogens (tertiary/aromatic N) is 1. The Morgan fingerprint density at radius 3 is 2.67 bits per heavy atom. The van der Waals surface area contributed by atoms with Crippen LogP contribution in [0.15, 0.2) is 54.2 Å². The number of hydrogen-bond donors (Lipinski definition) is 2. The second-order valence-electron chi connectivity index (χ2n) is 4.93. The zero-order valence-electron chi connectivity index (χ0n) is 13.3. The summed E-state index contributed by atoms with van der Waals surface area (Å²) in [5.41, 5.74) is 2.35. The molecule has 0 aromatic heterocycles. The topological polar surface area (TPSA) is 74.1 Å². The molecule has 0 aliphatic carbocycles. The lowest BCUT2D eigenvalue weighted by atomic mass is 10.2. The van der Waals surface area contributed by atoms with Gasteiger partial charge in [-0.1, -0.05) is 12.1 Å². The van der Waals surface area contributed by atoms with Crippen LogP contribution in [-0.2, 0) is 4.79 Å². The summed E-state index contributed by atoms with van der Waals surface area (Å²) in [5, 5.41) is 14.9. The number of benzene rings is 2. The lowest BCUT2D eigenvalue weighted by molar-refractivity contribution is -0.112. The number of hydrogen-bond acceptors (Lipinski definition) is 4. The van der Waals surface area contributed by atoms with Crippen LogP contribution in [0.4, 0.5) is 11.4 Å². The predicted octanol–water partition coefficient (Wildman–Crippen LogP) is 4.07. The average Bonchev–Trinajstić information content (AvgIpc) is 2.57. The van der Waals surface area contributed by atoms with Crippen molar-refractivity contribution in [1.82, 2.24) is 0 Å². The van der Waals surface area contributed by atoms with Crippen LogP contribution >= 0.6 is 22.6 Å². The Balaban J connectivity index is 2.15. The van der Waals surface area contributed by atoms with E-state index in [1.165, 1.54) is 13.3 Å². The van der Waals surface area contributed by atoms with Crippen molar-refractivity contribution in [1.29, 1.82) is 5.26 Å².